The fraction of sp³-hybridized carbons (Fsp3) is 0.304. The summed E-state index contributed by atoms with van der Waals surface area (Å²) in [5, 5.41) is 4.69. The van der Waals surface area contributed by atoms with Gasteiger partial charge in [0.05, 0.1) is 28.5 Å². The Balaban J connectivity index is 1.17. The van der Waals surface area contributed by atoms with Crippen LogP contribution < -0.4 is 10.9 Å². The maximum atomic E-state index is 12.6. The smallest absolute Gasteiger partial charge is 0.259 e. The second-order valence-corrected chi connectivity index (χ2v) is 9.86. The number of fused-ring (bicyclic) bond motifs is 4. The monoisotopic (exact) mass is 450 g/mol. The molecule has 1 aromatic carbocycles. The molecule has 0 unspecified atom stereocenters. The lowest BCUT2D eigenvalue weighted by Crippen LogP contribution is -2.13. The molecular weight excluding hydrogens is 428 g/mol. The summed E-state index contributed by atoms with van der Waals surface area (Å²) in [7, 11) is 0. The SMILES string of the molecule is O=C(CCSCc1nc2sc3c(c2c(=O)[nH]1)CCCC3)Nc1cnc2ccccc2c1. The molecule has 3 aromatic heterocycles. The summed E-state index contributed by atoms with van der Waals surface area (Å²) >= 11 is 3.26. The number of pyridine rings is 1. The lowest BCUT2D eigenvalue weighted by molar-refractivity contribution is -0.115. The van der Waals surface area contributed by atoms with Crippen molar-refractivity contribution in [3.63, 3.8) is 0 Å². The van der Waals surface area contributed by atoms with Gasteiger partial charge in [0.25, 0.3) is 5.56 Å². The Bertz CT molecular complexity index is 1330. The highest BCUT2D eigenvalue weighted by molar-refractivity contribution is 7.98. The van der Waals surface area contributed by atoms with Crippen LogP contribution in [0.15, 0.2) is 41.3 Å². The molecule has 6 nitrogen and oxygen atoms in total. The quantitative estimate of drug-likeness (QED) is 0.417. The molecule has 0 fully saturated rings. The molecule has 1 amide bonds. The largest absolute Gasteiger partial charge is 0.325 e. The topological polar surface area (TPSA) is 87.7 Å². The summed E-state index contributed by atoms with van der Waals surface area (Å²) < 4.78 is 0. The van der Waals surface area contributed by atoms with Crippen molar-refractivity contribution in [3.8, 4) is 0 Å². The van der Waals surface area contributed by atoms with E-state index in [4.69, 9.17) is 0 Å². The van der Waals surface area contributed by atoms with Gasteiger partial charge in [0.15, 0.2) is 0 Å². The predicted octanol–water partition coefficient (Wildman–Crippen LogP) is 4.67. The Morgan fingerprint density at radius 1 is 1.23 bits per heavy atom. The van der Waals surface area contributed by atoms with Gasteiger partial charge in [-0.2, -0.15) is 11.8 Å². The van der Waals surface area contributed by atoms with Gasteiger partial charge in [-0.05, 0) is 43.4 Å². The third-order valence-corrected chi connectivity index (χ3v) is 7.62. The molecule has 31 heavy (non-hydrogen) atoms. The number of rotatable bonds is 6. The maximum absolute atomic E-state index is 12.6. The number of nitrogens with one attached hydrogen (secondary N) is 2. The Hall–Kier alpha value is -2.71. The highest BCUT2D eigenvalue weighted by Gasteiger charge is 2.19. The third kappa shape index (κ3) is 4.36. The van der Waals surface area contributed by atoms with Crippen molar-refractivity contribution in [2.24, 2.45) is 0 Å². The molecule has 0 aliphatic heterocycles. The van der Waals surface area contributed by atoms with Crippen molar-refractivity contribution in [2.75, 3.05) is 11.1 Å². The maximum Gasteiger partial charge on any atom is 0.259 e. The van der Waals surface area contributed by atoms with E-state index in [-0.39, 0.29) is 11.5 Å². The molecular formula is C23H22N4O2S2. The van der Waals surface area contributed by atoms with Crippen molar-refractivity contribution < 1.29 is 4.79 Å². The average molecular weight is 451 g/mol. The first-order chi connectivity index (χ1) is 15.2. The molecule has 0 spiro atoms. The van der Waals surface area contributed by atoms with Gasteiger partial charge in [-0.15, -0.1) is 11.3 Å². The number of hydrogen-bond acceptors (Lipinski definition) is 6. The predicted molar refractivity (Wildman–Crippen MR) is 128 cm³/mol. The fourth-order valence-electron chi connectivity index (χ4n) is 3.97. The van der Waals surface area contributed by atoms with E-state index < -0.39 is 0 Å². The third-order valence-electron chi connectivity index (χ3n) is 5.46. The van der Waals surface area contributed by atoms with E-state index in [9.17, 15) is 9.59 Å². The van der Waals surface area contributed by atoms with Crippen LogP contribution in [0.4, 0.5) is 5.69 Å². The van der Waals surface area contributed by atoms with Gasteiger partial charge in [0.1, 0.15) is 10.7 Å². The zero-order chi connectivity index (χ0) is 21.2. The number of carbonyl (C=O) groups is 1. The Kier molecular flexibility index (Phi) is 5.74. The standard InChI is InChI=1S/C23H22N4O2S2/c28-20(25-15-11-14-5-1-3-7-17(14)24-12-15)9-10-30-13-19-26-22(29)21-16-6-2-4-8-18(16)31-23(21)27-19/h1,3,5,7,11-12H,2,4,6,8-10,13H2,(H,25,28)(H,26,27,29). The molecule has 1 aliphatic rings. The fourth-order valence-corrected chi connectivity index (χ4v) is 6.06. The minimum Gasteiger partial charge on any atom is -0.325 e. The Morgan fingerprint density at radius 2 is 2.10 bits per heavy atom. The van der Waals surface area contributed by atoms with Gasteiger partial charge in [-0.25, -0.2) is 4.98 Å². The number of aromatic amines is 1. The van der Waals surface area contributed by atoms with E-state index in [1.165, 1.54) is 16.9 Å². The highest BCUT2D eigenvalue weighted by Crippen LogP contribution is 2.33. The first-order valence-electron chi connectivity index (χ1n) is 10.4. The normalized spacial score (nSPS) is 13.4. The molecule has 4 aromatic rings. The summed E-state index contributed by atoms with van der Waals surface area (Å²) in [6.45, 7) is 0. The second kappa shape index (κ2) is 8.80. The number of anilines is 1. The Morgan fingerprint density at radius 3 is 3.03 bits per heavy atom. The van der Waals surface area contributed by atoms with E-state index in [0.717, 1.165) is 40.4 Å². The summed E-state index contributed by atoms with van der Waals surface area (Å²) in [5.74, 6) is 1.86. The number of thiophene rings is 1. The number of nitrogens with zero attached hydrogens (tertiary/aromatic N) is 2. The van der Waals surface area contributed by atoms with E-state index in [1.807, 2.05) is 30.3 Å². The number of amides is 1. The molecule has 0 saturated carbocycles. The Labute approximate surface area is 187 Å². The van der Waals surface area contributed by atoms with Crippen LogP contribution in [0.25, 0.3) is 21.1 Å². The first-order valence-corrected chi connectivity index (χ1v) is 12.4. The van der Waals surface area contributed by atoms with Crippen LogP contribution in [0.5, 0.6) is 0 Å². The van der Waals surface area contributed by atoms with Gasteiger partial charge >= 0.3 is 0 Å². The van der Waals surface area contributed by atoms with Crippen LogP contribution in [0, 0.1) is 0 Å². The van der Waals surface area contributed by atoms with E-state index >= 15 is 0 Å². The zero-order valence-electron chi connectivity index (χ0n) is 16.9. The second-order valence-electron chi connectivity index (χ2n) is 7.67. The molecule has 0 atom stereocenters. The number of para-hydroxylation sites is 1. The summed E-state index contributed by atoms with van der Waals surface area (Å²) in [4.78, 5) is 39.1. The van der Waals surface area contributed by atoms with Crippen molar-refractivity contribution in [1.29, 1.82) is 0 Å². The van der Waals surface area contributed by atoms with Crippen LogP contribution in [0.2, 0.25) is 0 Å². The minimum atomic E-state index is -0.0487. The van der Waals surface area contributed by atoms with Crippen molar-refractivity contribution in [2.45, 2.75) is 37.9 Å². The van der Waals surface area contributed by atoms with Crippen molar-refractivity contribution >= 4 is 55.8 Å². The molecule has 8 heteroatoms. The number of H-pyrrole nitrogens is 1. The highest BCUT2D eigenvalue weighted by atomic mass is 32.2. The number of hydrogen-bond donors (Lipinski definition) is 2. The number of benzene rings is 1. The average Bonchev–Trinajstić information content (AvgIpc) is 3.15. The summed E-state index contributed by atoms with van der Waals surface area (Å²) in [6.07, 6.45) is 6.44. The summed E-state index contributed by atoms with van der Waals surface area (Å²) in [6, 6.07) is 9.74. The lowest BCUT2D eigenvalue weighted by atomic mass is 9.97. The van der Waals surface area contributed by atoms with Gasteiger partial charge < -0.3 is 10.3 Å². The molecule has 5 rings (SSSR count). The minimum absolute atomic E-state index is 0.0263. The van der Waals surface area contributed by atoms with Crippen LogP contribution >= 0.6 is 23.1 Å². The zero-order valence-corrected chi connectivity index (χ0v) is 18.6. The van der Waals surface area contributed by atoms with Crippen molar-refractivity contribution in [3.05, 3.63) is 63.1 Å². The molecule has 1 aliphatic carbocycles. The molecule has 158 valence electrons. The summed E-state index contributed by atoms with van der Waals surface area (Å²) in [5.41, 5.74) is 2.79. The molecule has 2 N–H and O–H groups in total. The van der Waals surface area contributed by atoms with Gasteiger partial charge in [0.2, 0.25) is 5.91 Å². The van der Waals surface area contributed by atoms with Crippen LogP contribution in [-0.4, -0.2) is 26.6 Å². The lowest BCUT2D eigenvalue weighted by Gasteiger charge is -2.09. The number of aryl methyl sites for hydroxylation is 2. The van der Waals surface area contributed by atoms with Crippen molar-refractivity contribution in [1.82, 2.24) is 15.0 Å². The molecule has 0 bridgehead atoms. The number of carbonyl (C=O) groups excluding carboxylic acids is 1. The molecule has 0 saturated heterocycles. The molecule has 3 heterocycles. The molecule has 0 radical (unpaired) electrons. The van der Waals surface area contributed by atoms with E-state index in [1.54, 1.807) is 29.3 Å². The number of aromatic nitrogens is 3. The van der Waals surface area contributed by atoms with Gasteiger partial charge in [-0.1, -0.05) is 18.2 Å². The van der Waals surface area contributed by atoms with Crippen LogP contribution in [-0.2, 0) is 23.4 Å². The van der Waals surface area contributed by atoms with Crippen LogP contribution in [0.3, 0.4) is 0 Å². The van der Waals surface area contributed by atoms with E-state index in [2.05, 4.69) is 20.3 Å². The van der Waals surface area contributed by atoms with Gasteiger partial charge in [-0.3, -0.25) is 14.6 Å². The van der Waals surface area contributed by atoms with Crippen LogP contribution in [0.1, 0.15) is 35.5 Å². The van der Waals surface area contributed by atoms with E-state index in [0.29, 0.717) is 29.4 Å². The van der Waals surface area contributed by atoms with Gasteiger partial charge in [0, 0.05) is 22.4 Å². The first kappa shape index (κ1) is 20.2. The number of thioether (sulfide) groups is 1.